The summed E-state index contributed by atoms with van der Waals surface area (Å²) in [5.41, 5.74) is 2.79. The molecule has 2 aromatic carbocycles. The first-order valence-corrected chi connectivity index (χ1v) is 6.30. The van der Waals surface area contributed by atoms with E-state index in [1.165, 1.54) is 0 Å². The molecule has 19 heavy (non-hydrogen) atoms. The van der Waals surface area contributed by atoms with E-state index in [1.54, 1.807) is 7.11 Å². The van der Waals surface area contributed by atoms with Gasteiger partial charge in [-0.25, -0.2) is 0 Å². The average molecular weight is 254 g/mol. The molecule has 0 heterocycles. The summed E-state index contributed by atoms with van der Waals surface area (Å²) in [5, 5.41) is 10.5. The van der Waals surface area contributed by atoms with E-state index in [2.05, 4.69) is 0 Å². The van der Waals surface area contributed by atoms with Gasteiger partial charge in [0.1, 0.15) is 11.9 Å². The van der Waals surface area contributed by atoms with Gasteiger partial charge in [-0.05, 0) is 35.8 Å². The summed E-state index contributed by atoms with van der Waals surface area (Å²) in [6, 6.07) is 17.4. The zero-order chi connectivity index (χ0) is 13.7. The predicted octanol–water partition coefficient (Wildman–Crippen LogP) is 3.83. The molecule has 0 bridgehead atoms. The number of ether oxygens (including phenoxy) is 1. The number of rotatable bonds is 4. The maximum atomic E-state index is 10.5. The van der Waals surface area contributed by atoms with E-state index in [9.17, 15) is 5.11 Å². The lowest BCUT2D eigenvalue weighted by Gasteiger charge is -2.16. The van der Waals surface area contributed by atoms with Gasteiger partial charge in [-0.15, -0.1) is 0 Å². The van der Waals surface area contributed by atoms with E-state index in [4.69, 9.17) is 4.74 Å². The molecule has 0 radical (unpaired) electrons. The first-order valence-electron chi connectivity index (χ1n) is 6.30. The molecule has 0 aliphatic heterocycles. The number of hydrogen-bond acceptors (Lipinski definition) is 2. The highest BCUT2D eigenvalue weighted by atomic mass is 16.5. The van der Waals surface area contributed by atoms with Crippen LogP contribution < -0.4 is 4.74 Å². The van der Waals surface area contributed by atoms with E-state index in [-0.39, 0.29) is 0 Å². The van der Waals surface area contributed by atoms with Gasteiger partial charge in [-0.2, -0.15) is 0 Å². The average Bonchev–Trinajstić information content (AvgIpc) is 2.49. The van der Waals surface area contributed by atoms with Gasteiger partial charge in [0.15, 0.2) is 0 Å². The van der Waals surface area contributed by atoms with Gasteiger partial charge in [0.2, 0.25) is 0 Å². The van der Waals surface area contributed by atoms with Gasteiger partial charge in [-0.3, -0.25) is 0 Å². The molecule has 0 aliphatic carbocycles. The summed E-state index contributed by atoms with van der Waals surface area (Å²) in [4.78, 5) is 0. The molecule has 1 unspecified atom stereocenters. The molecule has 0 saturated heterocycles. The fraction of sp³-hybridized carbons (Fsp3) is 0.176. The molecule has 0 amide bonds. The Bertz CT molecular complexity index is 541. The lowest BCUT2D eigenvalue weighted by Crippen LogP contribution is -2.00. The topological polar surface area (TPSA) is 29.5 Å². The molecule has 0 aliphatic rings. The molecule has 0 aromatic heterocycles. The minimum Gasteiger partial charge on any atom is -0.497 e. The molecular formula is C17H18O2. The standard InChI is InChI=1S/C17H18O2/c1-3-16(13-9-11-15(19-2)12-10-13)17(18)14-7-5-4-6-8-14/h3-12,17-18H,1-2H3/b16-3+. The van der Waals surface area contributed by atoms with E-state index in [0.717, 1.165) is 22.4 Å². The van der Waals surface area contributed by atoms with E-state index < -0.39 is 6.10 Å². The van der Waals surface area contributed by atoms with Crippen molar-refractivity contribution in [1.82, 2.24) is 0 Å². The van der Waals surface area contributed by atoms with Crippen LogP contribution in [-0.2, 0) is 0 Å². The van der Waals surface area contributed by atoms with Crippen LogP contribution in [0.25, 0.3) is 5.57 Å². The van der Waals surface area contributed by atoms with Gasteiger partial charge in [0.25, 0.3) is 0 Å². The highest BCUT2D eigenvalue weighted by Gasteiger charge is 2.14. The Labute approximate surface area is 114 Å². The number of aliphatic hydroxyl groups is 1. The third-order valence-corrected chi connectivity index (χ3v) is 3.14. The SMILES string of the molecule is C/C=C(\c1ccc(OC)cc1)C(O)c1ccccc1. The second-order valence-electron chi connectivity index (χ2n) is 4.29. The first kappa shape index (κ1) is 13.4. The summed E-state index contributed by atoms with van der Waals surface area (Å²) in [7, 11) is 1.64. The van der Waals surface area contributed by atoms with Gasteiger partial charge < -0.3 is 9.84 Å². The number of methoxy groups -OCH3 is 1. The first-order chi connectivity index (χ1) is 9.26. The summed E-state index contributed by atoms with van der Waals surface area (Å²) in [5.74, 6) is 0.813. The zero-order valence-corrected chi connectivity index (χ0v) is 11.2. The second-order valence-corrected chi connectivity index (χ2v) is 4.29. The third-order valence-electron chi connectivity index (χ3n) is 3.14. The molecule has 1 atom stereocenters. The van der Waals surface area contributed by atoms with Gasteiger partial charge in [0, 0.05) is 0 Å². The molecule has 0 spiro atoms. The largest absolute Gasteiger partial charge is 0.497 e. The van der Waals surface area contributed by atoms with Crippen molar-refractivity contribution in [1.29, 1.82) is 0 Å². The van der Waals surface area contributed by atoms with Gasteiger partial charge >= 0.3 is 0 Å². The van der Waals surface area contributed by atoms with Crippen LogP contribution in [0.2, 0.25) is 0 Å². The smallest absolute Gasteiger partial charge is 0.118 e. The van der Waals surface area contributed by atoms with Crippen LogP contribution in [0.3, 0.4) is 0 Å². The fourth-order valence-corrected chi connectivity index (χ4v) is 2.08. The van der Waals surface area contributed by atoms with E-state index in [0.29, 0.717) is 0 Å². The summed E-state index contributed by atoms with van der Waals surface area (Å²) in [6.07, 6.45) is 1.33. The molecule has 0 saturated carbocycles. The zero-order valence-electron chi connectivity index (χ0n) is 11.2. The Hall–Kier alpha value is -2.06. The monoisotopic (exact) mass is 254 g/mol. The van der Waals surface area contributed by atoms with Gasteiger partial charge in [0.05, 0.1) is 7.11 Å². The minimum absolute atomic E-state index is 0.611. The third kappa shape index (κ3) is 3.04. The Morgan fingerprint density at radius 1 is 1.05 bits per heavy atom. The Kier molecular flexibility index (Phi) is 4.37. The van der Waals surface area contributed by atoms with Crippen molar-refractivity contribution in [2.45, 2.75) is 13.0 Å². The van der Waals surface area contributed by atoms with Crippen molar-refractivity contribution in [2.75, 3.05) is 7.11 Å². The van der Waals surface area contributed by atoms with E-state index >= 15 is 0 Å². The molecule has 2 rings (SSSR count). The molecule has 0 fully saturated rings. The summed E-state index contributed by atoms with van der Waals surface area (Å²) >= 11 is 0. The van der Waals surface area contributed by atoms with Crippen LogP contribution >= 0.6 is 0 Å². The molecule has 2 aromatic rings. The number of benzene rings is 2. The van der Waals surface area contributed by atoms with Crippen molar-refractivity contribution in [3.8, 4) is 5.75 Å². The number of allylic oxidation sites excluding steroid dienone is 1. The maximum absolute atomic E-state index is 10.5. The molecular weight excluding hydrogens is 236 g/mol. The fourth-order valence-electron chi connectivity index (χ4n) is 2.08. The van der Waals surface area contributed by atoms with Crippen molar-refractivity contribution in [3.05, 3.63) is 71.8 Å². The predicted molar refractivity (Wildman–Crippen MR) is 78.0 cm³/mol. The Morgan fingerprint density at radius 2 is 1.68 bits per heavy atom. The van der Waals surface area contributed by atoms with Crippen LogP contribution in [-0.4, -0.2) is 12.2 Å². The molecule has 1 N–H and O–H groups in total. The minimum atomic E-state index is -0.611. The lowest BCUT2D eigenvalue weighted by atomic mass is 9.95. The highest BCUT2D eigenvalue weighted by molar-refractivity contribution is 5.70. The van der Waals surface area contributed by atoms with Crippen molar-refractivity contribution in [3.63, 3.8) is 0 Å². The normalized spacial score (nSPS) is 13.1. The number of hydrogen-bond donors (Lipinski definition) is 1. The van der Waals surface area contributed by atoms with Crippen LogP contribution in [0.1, 0.15) is 24.2 Å². The highest BCUT2D eigenvalue weighted by Crippen LogP contribution is 2.30. The molecule has 98 valence electrons. The molecule has 2 nitrogen and oxygen atoms in total. The van der Waals surface area contributed by atoms with Crippen LogP contribution in [0.4, 0.5) is 0 Å². The number of aliphatic hydroxyl groups excluding tert-OH is 1. The second kappa shape index (κ2) is 6.21. The van der Waals surface area contributed by atoms with E-state index in [1.807, 2.05) is 67.6 Å². The maximum Gasteiger partial charge on any atom is 0.118 e. The summed E-state index contributed by atoms with van der Waals surface area (Å²) < 4.78 is 5.15. The van der Waals surface area contributed by atoms with Crippen LogP contribution in [0.5, 0.6) is 5.75 Å². The van der Waals surface area contributed by atoms with Crippen LogP contribution in [0, 0.1) is 0 Å². The van der Waals surface area contributed by atoms with Crippen LogP contribution in [0.15, 0.2) is 60.7 Å². The molecule has 2 heteroatoms. The Balaban J connectivity index is 2.29. The van der Waals surface area contributed by atoms with Crippen molar-refractivity contribution >= 4 is 5.57 Å². The Morgan fingerprint density at radius 3 is 2.21 bits per heavy atom. The lowest BCUT2D eigenvalue weighted by molar-refractivity contribution is 0.238. The summed E-state index contributed by atoms with van der Waals surface area (Å²) in [6.45, 7) is 1.94. The van der Waals surface area contributed by atoms with Gasteiger partial charge in [-0.1, -0.05) is 48.5 Å². The quantitative estimate of drug-likeness (QED) is 0.898. The van der Waals surface area contributed by atoms with Crippen molar-refractivity contribution < 1.29 is 9.84 Å². The van der Waals surface area contributed by atoms with Crippen molar-refractivity contribution in [2.24, 2.45) is 0 Å².